The number of esters is 2. The van der Waals surface area contributed by atoms with E-state index in [0.29, 0.717) is 11.2 Å². The first-order chi connectivity index (χ1) is 19.0. The molecule has 0 amide bonds. The van der Waals surface area contributed by atoms with E-state index in [2.05, 4.69) is 25.1 Å². The second-order valence-electron chi connectivity index (χ2n) is 12.4. The number of nitrogens with one attached hydrogen (secondary N) is 2. The van der Waals surface area contributed by atoms with Crippen LogP contribution in [0.2, 0.25) is 0 Å². The van der Waals surface area contributed by atoms with Gasteiger partial charge in [0.25, 0.3) is 0 Å². The van der Waals surface area contributed by atoms with E-state index in [1.165, 1.54) is 26.5 Å². The maximum Gasteiger partial charge on any atom is 0.342 e. The molecule has 0 aliphatic carbocycles. The Kier molecular flexibility index (Phi) is 10.3. The zero-order valence-electron chi connectivity index (χ0n) is 24.9. The Balaban J connectivity index is 1.68. The van der Waals surface area contributed by atoms with Gasteiger partial charge < -0.3 is 24.5 Å². The van der Waals surface area contributed by atoms with Crippen LogP contribution < -0.4 is 15.9 Å². The average molecular weight is 596 g/mol. The number of fused-ring (bicyclic) bond motifs is 1. The third kappa shape index (κ3) is 9.57. The number of ether oxygens (including phenoxy) is 3. The molecule has 0 saturated carbocycles. The topological polar surface area (TPSA) is 182 Å². The SMILES string of the molecule is C[C@H](NP(=O)(N[C@@H](C)C(=O)OCC(C)(C)C)OC[C@@H]1C=C[C@H](n2cnc3c(N)ncnc32)O1)C(=O)OCC(C)(C)C. The molecular formula is C26H42N7O7P. The summed E-state index contributed by atoms with van der Waals surface area (Å²) in [6.07, 6.45) is 5.22. The Bertz CT molecular complexity index is 1260. The maximum absolute atomic E-state index is 13.9. The number of nitrogens with two attached hydrogens (primary N) is 1. The monoisotopic (exact) mass is 595 g/mol. The lowest BCUT2D eigenvalue weighted by atomic mass is 9.99. The Hall–Kier alpha value is -2.90. The van der Waals surface area contributed by atoms with E-state index in [1.807, 2.05) is 41.5 Å². The third-order valence-corrected chi connectivity index (χ3v) is 7.58. The van der Waals surface area contributed by atoms with E-state index < -0.39 is 44.0 Å². The summed E-state index contributed by atoms with van der Waals surface area (Å²) < 4.78 is 38.2. The van der Waals surface area contributed by atoms with Crippen LogP contribution >= 0.6 is 7.67 Å². The summed E-state index contributed by atoms with van der Waals surface area (Å²) in [5.41, 5.74) is 6.32. The summed E-state index contributed by atoms with van der Waals surface area (Å²) in [6, 6.07) is -2.02. The van der Waals surface area contributed by atoms with Crippen LogP contribution in [0, 0.1) is 10.8 Å². The van der Waals surface area contributed by atoms with Crippen molar-refractivity contribution >= 4 is 36.6 Å². The standard InChI is InChI=1S/C26H42N7O7P/c1-16(23(34)37-12-25(3,4)5)31-41(36,32-17(2)24(35)38-13-26(6,7)8)39-11-18-9-10-19(40-18)33-15-30-20-21(27)28-14-29-22(20)33/h9-10,14-19H,11-13H2,1-8H3,(H2,27,28,29)(H2,31,32,36)/t16-,17-,18-,19+/m0/s1. The normalized spacial score (nSPS) is 19.3. The highest BCUT2D eigenvalue weighted by Crippen LogP contribution is 2.40. The number of rotatable bonds is 12. The summed E-state index contributed by atoms with van der Waals surface area (Å²) in [5.74, 6) is -0.975. The largest absolute Gasteiger partial charge is 0.464 e. The smallest absolute Gasteiger partial charge is 0.342 e. The number of anilines is 1. The van der Waals surface area contributed by atoms with Crippen molar-refractivity contribution in [2.24, 2.45) is 10.8 Å². The molecule has 15 heteroatoms. The van der Waals surface area contributed by atoms with Gasteiger partial charge in [0.15, 0.2) is 17.7 Å². The van der Waals surface area contributed by atoms with Gasteiger partial charge in [0.1, 0.15) is 30.0 Å². The minimum Gasteiger partial charge on any atom is -0.464 e. The molecule has 3 heterocycles. The maximum atomic E-state index is 13.9. The molecule has 0 fully saturated rings. The molecule has 2 aromatic heterocycles. The molecule has 2 aromatic rings. The molecular weight excluding hydrogens is 553 g/mol. The molecule has 1 aliphatic heterocycles. The number of nitrogens with zero attached hydrogens (tertiary/aromatic N) is 4. The van der Waals surface area contributed by atoms with Crippen LogP contribution in [0.15, 0.2) is 24.8 Å². The van der Waals surface area contributed by atoms with Crippen molar-refractivity contribution in [2.75, 3.05) is 25.6 Å². The first-order valence-electron chi connectivity index (χ1n) is 13.4. The van der Waals surface area contributed by atoms with Crippen LogP contribution in [-0.4, -0.2) is 69.5 Å². The minimum atomic E-state index is -4.02. The number of aromatic nitrogens is 4. The van der Waals surface area contributed by atoms with Gasteiger partial charge in [0, 0.05) is 0 Å². The van der Waals surface area contributed by atoms with Crippen molar-refractivity contribution in [1.29, 1.82) is 0 Å². The molecule has 3 rings (SSSR count). The van der Waals surface area contributed by atoms with Crippen molar-refractivity contribution in [3.05, 3.63) is 24.8 Å². The molecule has 0 radical (unpaired) electrons. The van der Waals surface area contributed by atoms with Crippen LogP contribution in [0.1, 0.15) is 61.6 Å². The molecule has 0 saturated heterocycles. The second kappa shape index (κ2) is 13.0. The van der Waals surface area contributed by atoms with Crippen molar-refractivity contribution in [2.45, 2.75) is 79.8 Å². The van der Waals surface area contributed by atoms with Crippen molar-refractivity contribution in [3.63, 3.8) is 0 Å². The number of carbonyl (C=O) groups is 2. The molecule has 0 unspecified atom stereocenters. The molecule has 14 nitrogen and oxygen atoms in total. The molecule has 4 atom stereocenters. The van der Waals surface area contributed by atoms with Gasteiger partial charge in [0.2, 0.25) is 0 Å². The van der Waals surface area contributed by atoms with E-state index in [-0.39, 0.29) is 36.5 Å². The Morgan fingerprint density at radius 1 is 1.00 bits per heavy atom. The average Bonchev–Trinajstić information content (AvgIpc) is 3.51. The van der Waals surface area contributed by atoms with Crippen LogP contribution in [-0.2, 0) is 32.9 Å². The molecule has 41 heavy (non-hydrogen) atoms. The van der Waals surface area contributed by atoms with E-state index in [4.69, 9.17) is 24.5 Å². The van der Waals surface area contributed by atoms with Gasteiger partial charge >= 0.3 is 19.6 Å². The number of hydrogen-bond acceptors (Lipinski definition) is 11. The number of nitrogen functional groups attached to an aromatic ring is 1. The van der Waals surface area contributed by atoms with E-state index in [1.54, 1.807) is 16.7 Å². The third-order valence-electron chi connectivity index (χ3n) is 5.62. The fourth-order valence-electron chi connectivity index (χ4n) is 3.53. The van der Waals surface area contributed by atoms with Gasteiger partial charge in [0.05, 0.1) is 26.1 Å². The van der Waals surface area contributed by atoms with Gasteiger partial charge in [-0.25, -0.2) is 25.1 Å². The van der Waals surface area contributed by atoms with Crippen LogP contribution in [0.25, 0.3) is 11.2 Å². The van der Waals surface area contributed by atoms with Gasteiger partial charge in [-0.3, -0.25) is 18.7 Å². The van der Waals surface area contributed by atoms with Gasteiger partial charge in [-0.2, -0.15) is 0 Å². The highest BCUT2D eigenvalue weighted by molar-refractivity contribution is 7.54. The number of imidazole rings is 1. The zero-order valence-corrected chi connectivity index (χ0v) is 25.8. The van der Waals surface area contributed by atoms with Crippen molar-refractivity contribution in [1.82, 2.24) is 29.7 Å². The summed E-state index contributed by atoms with van der Waals surface area (Å²) in [5, 5.41) is 5.39. The Labute approximate surface area is 240 Å². The van der Waals surface area contributed by atoms with E-state index in [0.717, 1.165) is 0 Å². The molecule has 228 valence electrons. The van der Waals surface area contributed by atoms with E-state index in [9.17, 15) is 14.2 Å². The molecule has 0 bridgehead atoms. The highest BCUT2D eigenvalue weighted by atomic mass is 31.2. The van der Waals surface area contributed by atoms with Crippen LogP contribution in [0.5, 0.6) is 0 Å². The fraction of sp³-hybridized carbons (Fsp3) is 0.654. The predicted octanol–water partition coefficient (Wildman–Crippen LogP) is 3.12. The second-order valence-corrected chi connectivity index (χ2v) is 14.3. The van der Waals surface area contributed by atoms with Crippen molar-refractivity contribution in [3.8, 4) is 0 Å². The summed E-state index contributed by atoms with van der Waals surface area (Å²) >= 11 is 0. The van der Waals surface area contributed by atoms with Crippen LogP contribution in [0.4, 0.5) is 5.82 Å². The van der Waals surface area contributed by atoms with Gasteiger partial charge in [-0.05, 0) is 30.8 Å². The number of carbonyl (C=O) groups excluding carboxylic acids is 2. The lowest BCUT2D eigenvalue weighted by Gasteiger charge is -2.28. The lowest BCUT2D eigenvalue weighted by Crippen LogP contribution is -2.43. The Morgan fingerprint density at radius 2 is 1.56 bits per heavy atom. The highest BCUT2D eigenvalue weighted by Gasteiger charge is 2.35. The Morgan fingerprint density at radius 3 is 2.10 bits per heavy atom. The molecule has 1 aliphatic rings. The predicted molar refractivity (Wildman–Crippen MR) is 152 cm³/mol. The first kappa shape index (κ1) is 32.6. The molecule has 4 N–H and O–H groups in total. The minimum absolute atomic E-state index is 0.165. The van der Waals surface area contributed by atoms with Gasteiger partial charge in [-0.15, -0.1) is 0 Å². The molecule has 0 spiro atoms. The van der Waals surface area contributed by atoms with Gasteiger partial charge in [-0.1, -0.05) is 47.6 Å². The summed E-state index contributed by atoms with van der Waals surface area (Å²) in [7, 11) is -4.02. The number of hydrogen-bond donors (Lipinski definition) is 3. The summed E-state index contributed by atoms with van der Waals surface area (Å²) in [4.78, 5) is 37.7. The van der Waals surface area contributed by atoms with Crippen LogP contribution in [0.3, 0.4) is 0 Å². The van der Waals surface area contributed by atoms with E-state index >= 15 is 0 Å². The first-order valence-corrected chi connectivity index (χ1v) is 15.0. The molecule has 0 aromatic carbocycles. The van der Waals surface area contributed by atoms with Crippen molar-refractivity contribution < 1.29 is 32.9 Å². The quantitative estimate of drug-likeness (QED) is 0.185. The zero-order chi connectivity index (χ0) is 30.6. The summed E-state index contributed by atoms with van der Waals surface area (Å²) in [6.45, 7) is 14.8. The lowest BCUT2D eigenvalue weighted by molar-refractivity contribution is -0.148. The fourth-order valence-corrected chi connectivity index (χ4v) is 5.34.